The highest BCUT2D eigenvalue weighted by Gasteiger charge is 2.09. The zero-order valence-corrected chi connectivity index (χ0v) is 12.7. The fourth-order valence-corrected chi connectivity index (χ4v) is 2.64. The van der Waals surface area contributed by atoms with E-state index in [4.69, 9.17) is 11.6 Å². The van der Waals surface area contributed by atoms with Gasteiger partial charge in [0, 0.05) is 16.8 Å². The maximum Gasteiger partial charge on any atom is 0.0488 e. The van der Waals surface area contributed by atoms with E-state index >= 15 is 0 Å². The van der Waals surface area contributed by atoms with Gasteiger partial charge in [-0.1, -0.05) is 35.4 Å². The average molecular weight is 274 g/mol. The molecule has 1 N–H and O–H groups in total. The Balaban J connectivity index is 2.23. The second-order valence-electron chi connectivity index (χ2n) is 5.19. The van der Waals surface area contributed by atoms with Crippen LogP contribution in [0.4, 0.5) is 5.69 Å². The van der Waals surface area contributed by atoms with Gasteiger partial charge in [0.15, 0.2) is 0 Å². The van der Waals surface area contributed by atoms with Gasteiger partial charge in [0.1, 0.15) is 0 Å². The first-order valence-corrected chi connectivity index (χ1v) is 6.95. The van der Waals surface area contributed by atoms with Gasteiger partial charge in [-0.25, -0.2) is 0 Å². The lowest BCUT2D eigenvalue weighted by Gasteiger charge is -2.19. The molecule has 2 aromatic carbocycles. The Kier molecular flexibility index (Phi) is 4.16. The summed E-state index contributed by atoms with van der Waals surface area (Å²) in [6.45, 7) is 8.54. The predicted octanol–water partition coefficient (Wildman–Crippen LogP) is 5.44. The smallest absolute Gasteiger partial charge is 0.0488 e. The van der Waals surface area contributed by atoms with Crippen molar-refractivity contribution in [3.63, 3.8) is 0 Å². The Bertz CT molecular complexity index is 590. The topological polar surface area (TPSA) is 12.0 Å². The summed E-state index contributed by atoms with van der Waals surface area (Å²) in [5.74, 6) is 0. The van der Waals surface area contributed by atoms with Crippen molar-refractivity contribution in [2.45, 2.75) is 33.7 Å². The Morgan fingerprint density at radius 2 is 1.68 bits per heavy atom. The van der Waals surface area contributed by atoms with Crippen molar-refractivity contribution in [2.24, 2.45) is 0 Å². The quantitative estimate of drug-likeness (QED) is 0.785. The number of anilines is 1. The third-order valence-electron chi connectivity index (χ3n) is 3.45. The molecule has 2 heteroatoms. The summed E-state index contributed by atoms with van der Waals surface area (Å²) in [6, 6.07) is 12.8. The number of halogens is 1. The maximum absolute atomic E-state index is 5.99. The van der Waals surface area contributed by atoms with Crippen molar-refractivity contribution in [3.05, 3.63) is 63.7 Å². The molecule has 0 spiro atoms. The van der Waals surface area contributed by atoms with Gasteiger partial charge in [0.25, 0.3) is 0 Å². The minimum Gasteiger partial charge on any atom is -0.378 e. The fourth-order valence-electron chi connectivity index (χ4n) is 2.41. The van der Waals surface area contributed by atoms with Crippen molar-refractivity contribution >= 4 is 17.3 Å². The molecule has 1 atom stereocenters. The van der Waals surface area contributed by atoms with Crippen LogP contribution in [0.25, 0.3) is 0 Å². The third-order valence-corrected chi connectivity index (χ3v) is 3.69. The molecule has 0 radical (unpaired) electrons. The summed E-state index contributed by atoms with van der Waals surface area (Å²) in [5.41, 5.74) is 6.27. The molecule has 0 saturated heterocycles. The van der Waals surface area contributed by atoms with E-state index in [2.05, 4.69) is 51.2 Å². The minimum absolute atomic E-state index is 0.278. The van der Waals surface area contributed by atoms with Gasteiger partial charge in [-0.05, 0) is 62.6 Å². The Labute approximate surface area is 120 Å². The van der Waals surface area contributed by atoms with E-state index in [0.29, 0.717) is 0 Å². The molecule has 0 aliphatic carbocycles. The zero-order chi connectivity index (χ0) is 14.0. The Morgan fingerprint density at radius 3 is 2.32 bits per heavy atom. The van der Waals surface area contributed by atoms with Gasteiger partial charge in [0.2, 0.25) is 0 Å². The first-order valence-electron chi connectivity index (χ1n) is 6.57. The summed E-state index contributed by atoms with van der Waals surface area (Å²) >= 11 is 5.99. The largest absolute Gasteiger partial charge is 0.378 e. The van der Waals surface area contributed by atoms with E-state index in [1.807, 2.05) is 18.2 Å². The van der Waals surface area contributed by atoms with Gasteiger partial charge in [-0.15, -0.1) is 0 Å². The number of nitrogens with one attached hydrogen (secondary N) is 1. The molecule has 100 valence electrons. The molecule has 2 rings (SSSR count). The zero-order valence-electron chi connectivity index (χ0n) is 11.9. The molecular formula is C17H20ClN. The standard InChI is InChI=1S/C17H20ClN/c1-11-5-7-16(12(2)9-11)14(4)19-17-8-6-15(18)10-13(17)3/h5-10,14,19H,1-4H3. The minimum atomic E-state index is 0.278. The number of benzene rings is 2. The van der Waals surface area contributed by atoms with Crippen LogP contribution in [0, 0.1) is 20.8 Å². The highest BCUT2D eigenvalue weighted by atomic mass is 35.5. The van der Waals surface area contributed by atoms with Crippen molar-refractivity contribution in [1.29, 1.82) is 0 Å². The molecule has 0 aromatic heterocycles. The second-order valence-corrected chi connectivity index (χ2v) is 5.62. The van der Waals surface area contributed by atoms with Crippen LogP contribution in [0.5, 0.6) is 0 Å². The monoisotopic (exact) mass is 273 g/mol. The average Bonchev–Trinajstić information content (AvgIpc) is 2.32. The van der Waals surface area contributed by atoms with Crippen LogP contribution in [-0.4, -0.2) is 0 Å². The van der Waals surface area contributed by atoms with Crippen LogP contribution in [0.15, 0.2) is 36.4 Å². The van der Waals surface area contributed by atoms with Crippen molar-refractivity contribution in [3.8, 4) is 0 Å². The summed E-state index contributed by atoms with van der Waals surface area (Å²) in [6.07, 6.45) is 0. The first kappa shape index (κ1) is 14.0. The predicted molar refractivity (Wildman–Crippen MR) is 84.1 cm³/mol. The molecule has 1 nitrogen and oxygen atoms in total. The van der Waals surface area contributed by atoms with E-state index in [-0.39, 0.29) is 6.04 Å². The molecule has 0 fully saturated rings. The van der Waals surface area contributed by atoms with Crippen molar-refractivity contribution in [2.75, 3.05) is 5.32 Å². The normalized spacial score (nSPS) is 12.3. The lowest BCUT2D eigenvalue weighted by Crippen LogP contribution is -2.09. The van der Waals surface area contributed by atoms with Gasteiger partial charge in [-0.3, -0.25) is 0 Å². The van der Waals surface area contributed by atoms with Gasteiger partial charge >= 0.3 is 0 Å². The van der Waals surface area contributed by atoms with Gasteiger partial charge < -0.3 is 5.32 Å². The summed E-state index contributed by atoms with van der Waals surface area (Å²) in [5, 5.41) is 4.34. The molecular weight excluding hydrogens is 254 g/mol. The number of hydrogen-bond donors (Lipinski definition) is 1. The maximum atomic E-state index is 5.99. The lowest BCUT2D eigenvalue weighted by molar-refractivity contribution is 0.871. The first-order chi connectivity index (χ1) is 8.97. The van der Waals surface area contributed by atoms with Crippen LogP contribution in [-0.2, 0) is 0 Å². The van der Waals surface area contributed by atoms with E-state index in [9.17, 15) is 0 Å². The van der Waals surface area contributed by atoms with Gasteiger partial charge in [-0.2, -0.15) is 0 Å². The fraction of sp³-hybridized carbons (Fsp3) is 0.294. The van der Waals surface area contributed by atoms with E-state index in [1.165, 1.54) is 22.3 Å². The summed E-state index contributed by atoms with van der Waals surface area (Å²) < 4.78 is 0. The molecule has 0 aliphatic rings. The molecule has 1 unspecified atom stereocenters. The highest BCUT2D eigenvalue weighted by molar-refractivity contribution is 6.30. The SMILES string of the molecule is Cc1ccc(C(C)Nc2ccc(Cl)cc2C)c(C)c1. The molecule has 19 heavy (non-hydrogen) atoms. The van der Waals surface area contributed by atoms with E-state index in [0.717, 1.165) is 10.7 Å². The molecule has 0 aliphatic heterocycles. The van der Waals surface area contributed by atoms with Crippen LogP contribution in [0.3, 0.4) is 0 Å². The number of hydrogen-bond acceptors (Lipinski definition) is 1. The summed E-state index contributed by atoms with van der Waals surface area (Å²) in [4.78, 5) is 0. The molecule has 2 aromatic rings. The second kappa shape index (κ2) is 5.66. The number of aryl methyl sites for hydroxylation is 3. The molecule has 0 heterocycles. The van der Waals surface area contributed by atoms with Crippen molar-refractivity contribution in [1.82, 2.24) is 0 Å². The lowest BCUT2D eigenvalue weighted by atomic mass is 10.00. The number of rotatable bonds is 3. The van der Waals surface area contributed by atoms with Gasteiger partial charge in [0.05, 0.1) is 0 Å². The summed E-state index contributed by atoms with van der Waals surface area (Å²) in [7, 11) is 0. The third kappa shape index (κ3) is 3.30. The Morgan fingerprint density at radius 1 is 0.947 bits per heavy atom. The van der Waals surface area contributed by atoms with Crippen molar-refractivity contribution < 1.29 is 0 Å². The van der Waals surface area contributed by atoms with Crippen LogP contribution in [0.1, 0.15) is 35.2 Å². The van der Waals surface area contributed by atoms with E-state index in [1.54, 1.807) is 0 Å². The Hall–Kier alpha value is -1.47. The van der Waals surface area contributed by atoms with Crippen LogP contribution >= 0.6 is 11.6 Å². The van der Waals surface area contributed by atoms with E-state index < -0.39 is 0 Å². The molecule has 0 saturated carbocycles. The van der Waals surface area contributed by atoms with Crippen LogP contribution < -0.4 is 5.32 Å². The molecule has 0 amide bonds. The molecule has 0 bridgehead atoms. The van der Waals surface area contributed by atoms with Crippen LogP contribution in [0.2, 0.25) is 5.02 Å². The highest BCUT2D eigenvalue weighted by Crippen LogP contribution is 2.26.